The molecule has 26 heavy (non-hydrogen) atoms. The molecule has 0 aliphatic carbocycles. The molecule has 2 amide bonds. The van der Waals surface area contributed by atoms with Gasteiger partial charge in [0.25, 0.3) is 11.8 Å². The zero-order chi connectivity index (χ0) is 19.1. The van der Waals surface area contributed by atoms with Gasteiger partial charge in [-0.3, -0.25) is 20.4 Å². The van der Waals surface area contributed by atoms with Crippen LogP contribution in [0.25, 0.3) is 10.8 Å². The maximum Gasteiger partial charge on any atom is 0.266 e. The van der Waals surface area contributed by atoms with Crippen molar-refractivity contribution in [3.05, 3.63) is 41.5 Å². The van der Waals surface area contributed by atoms with Crippen molar-refractivity contribution in [3.63, 3.8) is 0 Å². The van der Waals surface area contributed by atoms with Crippen LogP contribution < -0.4 is 33.2 Å². The summed E-state index contributed by atoms with van der Waals surface area (Å²) in [4.78, 5) is 26.6. The number of nitrogens with two attached hydrogens (primary N) is 3. The van der Waals surface area contributed by atoms with Gasteiger partial charge >= 0.3 is 0 Å². The second-order valence-corrected chi connectivity index (χ2v) is 5.92. The lowest BCUT2D eigenvalue weighted by Gasteiger charge is -2.24. The summed E-state index contributed by atoms with van der Waals surface area (Å²) in [7, 11) is 0. The Morgan fingerprint density at radius 3 is 2.35 bits per heavy atom. The number of anilines is 1. The number of hydrogen-bond acceptors (Lipinski definition) is 6. The molecule has 0 unspecified atom stereocenters. The van der Waals surface area contributed by atoms with E-state index in [0.717, 1.165) is 37.0 Å². The molecular formula is C18H26N6O2. The SMILES string of the molecule is CCN(CCCCN)c1ccc2ccc(C(=O)NN)c(C(=O)NN)c2c1. The highest BCUT2D eigenvalue weighted by molar-refractivity contribution is 6.15. The first kappa shape index (κ1) is 19.6. The van der Waals surface area contributed by atoms with Crippen molar-refractivity contribution in [2.75, 3.05) is 24.5 Å². The number of carbonyl (C=O) groups excluding carboxylic acids is 2. The summed E-state index contributed by atoms with van der Waals surface area (Å²) in [6, 6.07) is 9.17. The van der Waals surface area contributed by atoms with Gasteiger partial charge in [-0.15, -0.1) is 0 Å². The Morgan fingerprint density at radius 1 is 1.04 bits per heavy atom. The smallest absolute Gasteiger partial charge is 0.266 e. The van der Waals surface area contributed by atoms with Crippen molar-refractivity contribution in [3.8, 4) is 0 Å². The third-order valence-electron chi connectivity index (χ3n) is 4.37. The molecule has 2 aromatic rings. The van der Waals surface area contributed by atoms with E-state index in [4.69, 9.17) is 17.4 Å². The number of carbonyl (C=O) groups is 2. The summed E-state index contributed by atoms with van der Waals surface area (Å²) >= 11 is 0. The Balaban J connectivity index is 2.57. The van der Waals surface area contributed by atoms with Crippen LogP contribution in [0.3, 0.4) is 0 Å². The van der Waals surface area contributed by atoms with Crippen molar-refractivity contribution in [2.45, 2.75) is 19.8 Å². The maximum absolute atomic E-state index is 12.3. The highest BCUT2D eigenvalue weighted by atomic mass is 16.2. The number of rotatable bonds is 8. The van der Waals surface area contributed by atoms with Crippen molar-refractivity contribution in [1.29, 1.82) is 0 Å². The first-order valence-corrected chi connectivity index (χ1v) is 8.61. The van der Waals surface area contributed by atoms with Gasteiger partial charge in [-0.1, -0.05) is 12.1 Å². The maximum atomic E-state index is 12.3. The first-order valence-electron chi connectivity index (χ1n) is 8.61. The number of amides is 2. The second kappa shape index (κ2) is 9.14. The fraction of sp³-hybridized carbons (Fsp3) is 0.333. The summed E-state index contributed by atoms with van der Waals surface area (Å²) in [6.07, 6.45) is 1.93. The highest BCUT2D eigenvalue weighted by Crippen LogP contribution is 2.28. The van der Waals surface area contributed by atoms with E-state index in [1.54, 1.807) is 12.1 Å². The molecule has 0 aliphatic rings. The predicted octanol–water partition coefficient (Wildman–Crippen LogP) is 0.612. The zero-order valence-corrected chi connectivity index (χ0v) is 14.9. The molecule has 0 spiro atoms. The summed E-state index contributed by atoms with van der Waals surface area (Å²) < 4.78 is 0. The summed E-state index contributed by atoms with van der Waals surface area (Å²) in [6.45, 7) is 4.41. The summed E-state index contributed by atoms with van der Waals surface area (Å²) in [5.41, 5.74) is 11.1. The molecule has 0 fully saturated rings. The molecule has 140 valence electrons. The minimum absolute atomic E-state index is 0.172. The number of fused-ring (bicyclic) bond motifs is 1. The van der Waals surface area contributed by atoms with Gasteiger partial charge in [-0.05, 0) is 55.3 Å². The number of nitrogen functional groups attached to an aromatic ring is 2. The van der Waals surface area contributed by atoms with Crippen molar-refractivity contribution in [2.24, 2.45) is 17.4 Å². The van der Waals surface area contributed by atoms with Crippen LogP contribution in [0.5, 0.6) is 0 Å². The van der Waals surface area contributed by atoms with Crippen LogP contribution in [-0.4, -0.2) is 31.4 Å². The van der Waals surface area contributed by atoms with Crippen molar-refractivity contribution in [1.82, 2.24) is 10.9 Å². The van der Waals surface area contributed by atoms with Crippen LogP contribution in [0, 0.1) is 0 Å². The average Bonchev–Trinajstić information content (AvgIpc) is 2.68. The molecule has 0 atom stereocenters. The lowest BCUT2D eigenvalue weighted by atomic mass is 9.97. The van der Waals surface area contributed by atoms with E-state index in [1.807, 2.05) is 18.2 Å². The molecule has 0 saturated heterocycles. The van der Waals surface area contributed by atoms with Crippen LogP contribution in [0.15, 0.2) is 30.3 Å². The van der Waals surface area contributed by atoms with Gasteiger partial charge in [-0.25, -0.2) is 11.7 Å². The van der Waals surface area contributed by atoms with Crippen molar-refractivity contribution >= 4 is 28.3 Å². The van der Waals surface area contributed by atoms with E-state index in [9.17, 15) is 9.59 Å². The minimum atomic E-state index is -0.550. The lowest BCUT2D eigenvalue weighted by molar-refractivity contribution is 0.0921. The Bertz CT molecular complexity index is 793. The number of unbranched alkanes of at least 4 members (excludes halogenated alkanes) is 1. The van der Waals surface area contributed by atoms with Gasteiger partial charge < -0.3 is 10.6 Å². The molecule has 0 saturated carbocycles. The van der Waals surface area contributed by atoms with Gasteiger partial charge in [0.2, 0.25) is 0 Å². The van der Waals surface area contributed by atoms with E-state index < -0.39 is 11.8 Å². The monoisotopic (exact) mass is 358 g/mol. The Morgan fingerprint density at radius 2 is 1.73 bits per heavy atom. The van der Waals surface area contributed by atoms with Gasteiger partial charge in [-0.2, -0.15) is 0 Å². The molecule has 2 rings (SSSR count). The van der Waals surface area contributed by atoms with Gasteiger partial charge in [0.05, 0.1) is 11.1 Å². The third-order valence-corrected chi connectivity index (χ3v) is 4.37. The lowest BCUT2D eigenvalue weighted by Crippen LogP contribution is -2.35. The largest absolute Gasteiger partial charge is 0.372 e. The molecule has 8 N–H and O–H groups in total. The van der Waals surface area contributed by atoms with Gasteiger partial charge in [0.1, 0.15) is 0 Å². The highest BCUT2D eigenvalue weighted by Gasteiger charge is 2.20. The zero-order valence-electron chi connectivity index (χ0n) is 14.9. The molecule has 2 aromatic carbocycles. The number of hydrogen-bond donors (Lipinski definition) is 5. The van der Waals surface area contributed by atoms with Crippen LogP contribution in [-0.2, 0) is 0 Å². The van der Waals surface area contributed by atoms with E-state index in [2.05, 4.69) is 22.7 Å². The number of nitrogens with one attached hydrogen (secondary N) is 2. The van der Waals surface area contributed by atoms with Gasteiger partial charge in [0.15, 0.2) is 0 Å². The number of benzene rings is 2. The van der Waals surface area contributed by atoms with E-state index in [1.165, 1.54) is 0 Å². The topological polar surface area (TPSA) is 140 Å². The number of hydrazine groups is 2. The molecular weight excluding hydrogens is 332 g/mol. The van der Waals surface area contributed by atoms with E-state index in [0.29, 0.717) is 11.9 Å². The standard InChI is InChI=1S/C18H26N6O2/c1-2-24(10-4-3-9-19)13-7-5-12-6-8-14(17(25)22-20)16(15(12)11-13)18(26)23-21/h5-8,11H,2-4,9-10,19-21H2,1H3,(H,22,25)(H,23,26). The summed E-state index contributed by atoms with van der Waals surface area (Å²) in [5.74, 6) is 9.48. The second-order valence-electron chi connectivity index (χ2n) is 5.92. The normalized spacial score (nSPS) is 10.6. The Hall–Kier alpha value is -2.68. The molecule has 0 aliphatic heterocycles. The van der Waals surface area contributed by atoms with Gasteiger partial charge in [0, 0.05) is 18.8 Å². The predicted molar refractivity (Wildman–Crippen MR) is 103 cm³/mol. The molecule has 0 aromatic heterocycles. The molecule has 8 heteroatoms. The summed E-state index contributed by atoms with van der Waals surface area (Å²) in [5, 5.41) is 1.47. The van der Waals surface area contributed by atoms with E-state index >= 15 is 0 Å². The van der Waals surface area contributed by atoms with Crippen molar-refractivity contribution < 1.29 is 9.59 Å². The first-order chi connectivity index (χ1) is 12.6. The Kier molecular flexibility index (Phi) is 6.90. The Labute approximate surface area is 152 Å². The van der Waals surface area contributed by atoms with E-state index in [-0.39, 0.29) is 11.1 Å². The molecule has 0 heterocycles. The third kappa shape index (κ3) is 4.10. The molecule has 0 radical (unpaired) electrons. The van der Waals surface area contributed by atoms with Crippen LogP contribution in [0.4, 0.5) is 5.69 Å². The fourth-order valence-corrected chi connectivity index (χ4v) is 3.00. The molecule has 0 bridgehead atoms. The fourth-order valence-electron chi connectivity index (χ4n) is 3.00. The number of nitrogens with zero attached hydrogens (tertiary/aromatic N) is 1. The quantitative estimate of drug-likeness (QED) is 0.203. The minimum Gasteiger partial charge on any atom is -0.372 e. The average molecular weight is 358 g/mol. The van der Waals surface area contributed by atoms with Crippen LogP contribution in [0.2, 0.25) is 0 Å². The van der Waals surface area contributed by atoms with Crippen LogP contribution >= 0.6 is 0 Å². The van der Waals surface area contributed by atoms with Crippen LogP contribution in [0.1, 0.15) is 40.5 Å². The molecule has 8 nitrogen and oxygen atoms in total.